The number of alkyl halides is 1. The summed E-state index contributed by atoms with van der Waals surface area (Å²) in [6.45, 7) is 0. The summed E-state index contributed by atoms with van der Waals surface area (Å²) in [6, 6.07) is 3.99. The van der Waals surface area contributed by atoms with Crippen molar-refractivity contribution in [1.82, 2.24) is 0 Å². The lowest BCUT2D eigenvalue weighted by Gasteiger charge is -2.05. The zero-order chi connectivity index (χ0) is 13.7. The molecule has 0 heterocycles. The number of halogens is 1. The number of hydrogen-bond acceptors (Lipinski definition) is 5. The van der Waals surface area contributed by atoms with Crippen LogP contribution in [0.2, 0.25) is 0 Å². The van der Waals surface area contributed by atoms with Gasteiger partial charge in [0.2, 0.25) is 0 Å². The lowest BCUT2D eigenvalue weighted by Crippen LogP contribution is -2.13. The number of esters is 1. The molecule has 0 aliphatic heterocycles. The smallest absolute Gasteiger partial charge is 0.347 e. The molecule has 1 rings (SSSR count). The number of rotatable bonds is 4. The Hall–Kier alpha value is -2.15. The van der Waals surface area contributed by atoms with Crippen molar-refractivity contribution in [2.75, 3.05) is 13.0 Å². The molecule has 0 amide bonds. The number of aliphatic imine (C=N–C) groups is 1. The van der Waals surface area contributed by atoms with Crippen molar-refractivity contribution < 1.29 is 14.5 Å². The summed E-state index contributed by atoms with van der Waals surface area (Å²) < 4.78 is 4.50. The first-order valence-electron chi connectivity index (χ1n) is 4.76. The van der Waals surface area contributed by atoms with Gasteiger partial charge in [-0.2, -0.15) is 0 Å². The second-order valence-corrected chi connectivity index (χ2v) is 3.42. The Bertz CT molecular complexity index is 516. The van der Waals surface area contributed by atoms with E-state index in [1.807, 2.05) is 0 Å². The molecular weight excluding hydrogens is 262 g/mol. The van der Waals surface area contributed by atoms with Crippen molar-refractivity contribution in [2.24, 2.45) is 10.7 Å². The van der Waals surface area contributed by atoms with Crippen molar-refractivity contribution in [2.45, 2.75) is 0 Å². The molecule has 0 saturated carbocycles. The average molecular weight is 272 g/mol. The van der Waals surface area contributed by atoms with Gasteiger partial charge >= 0.3 is 5.97 Å². The van der Waals surface area contributed by atoms with Gasteiger partial charge in [0, 0.05) is 6.07 Å². The van der Waals surface area contributed by atoms with Crippen molar-refractivity contribution in [1.29, 1.82) is 0 Å². The summed E-state index contributed by atoms with van der Waals surface area (Å²) in [6.07, 6.45) is 0. The molecule has 7 nitrogen and oxygen atoms in total. The molecule has 18 heavy (non-hydrogen) atoms. The van der Waals surface area contributed by atoms with Gasteiger partial charge in [-0.25, -0.2) is 9.79 Å². The van der Waals surface area contributed by atoms with Crippen LogP contribution >= 0.6 is 11.6 Å². The van der Waals surface area contributed by atoms with E-state index >= 15 is 0 Å². The molecule has 0 unspecified atom stereocenters. The van der Waals surface area contributed by atoms with Gasteiger partial charge in [-0.3, -0.25) is 10.1 Å². The minimum atomic E-state index is -0.858. The largest absolute Gasteiger partial charge is 0.465 e. The molecule has 1 aromatic rings. The summed E-state index contributed by atoms with van der Waals surface area (Å²) in [5.41, 5.74) is 4.84. The van der Waals surface area contributed by atoms with E-state index in [1.54, 1.807) is 0 Å². The Labute approximate surface area is 107 Å². The number of ether oxygens (including phenoxy) is 1. The molecule has 96 valence electrons. The van der Waals surface area contributed by atoms with E-state index in [9.17, 15) is 14.9 Å². The van der Waals surface area contributed by atoms with Gasteiger partial charge in [0.05, 0.1) is 23.6 Å². The van der Waals surface area contributed by atoms with Gasteiger partial charge in [-0.1, -0.05) is 6.07 Å². The predicted molar refractivity (Wildman–Crippen MR) is 66.4 cm³/mol. The van der Waals surface area contributed by atoms with Crippen LogP contribution in [0.15, 0.2) is 23.2 Å². The molecule has 0 bridgehead atoms. The molecule has 0 spiro atoms. The summed E-state index contributed by atoms with van der Waals surface area (Å²) in [4.78, 5) is 25.6. The molecule has 0 aliphatic rings. The molecule has 0 fully saturated rings. The van der Waals surface area contributed by atoms with Gasteiger partial charge < -0.3 is 10.5 Å². The van der Waals surface area contributed by atoms with Crippen LogP contribution in [-0.2, 0) is 4.74 Å². The number of nitro benzene ring substituents is 1. The van der Waals surface area contributed by atoms with Crippen molar-refractivity contribution >= 4 is 34.8 Å². The summed E-state index contributed by atoms with van der Waals surface area (Å²) in [7, 11) is 1.12. The van der Waals surface area contributed by atoms with E-state index in [2.05, 4.69) is 9.73 Å². The second-order valence-electron chi connectivity index (χ2n) is 3.16. The third-order valence-corrected chi connectivity index (χ3v) is 2.28. The van der Waals surface area contributed by atoms with Gasteiger partial charge in [0.15, 0.2) is 5.56 Å². The van der Waals surface area contributed by atoms with Gasteiger partial charge in [0.25, 0.3) is 5.69 Å². The maximum atomic E-state index is 11.6. The van der Waals surface area contributed by atoms with Crippen LogP contribution < -0.4 is 5.73 Å². The SMILES string of the molecule is COC(=O)c1c(N=C(N)CCl)cccc1[N+](=O)[O-]. The fraction of sp³-hybridized carbons (Fsp3) is 0.200. The maximum absolute atomic E-state index is 11.6. The van der Waals surface area contributed by atoms with E-state index in [1.165, 1.54) is 18.2 Å². The average Bonchev–Trinajstić information content (AvgIpc) is 2.37. The number of amidine groups is 1. The highest BCUT2D eigenvalue weighted by molar-refractivity contribution is 6.28. The lowest BCUT2D eigenvalue weighted by molar-refractivity contribution is -0.385. The quantitative estimate of drug-likeness (QED) is 0.223. The van der Waals surface area contributed by atoms with E-state index in [-0.39, 0.29) is 23.0 Å². The predicted octanol–water partition coefficient (Wildman–Crippen LogP) is 1.61. The van der Waals surface area contributed by atoms with E-state index in [0.717, 1.165) is 7.11 Å². The van der Waals surface area contributed by atoms with Crippen LogP contribution in [0, 0.1) is 10.1 Å². The third-order valence-electron chi connectivity index (χ3n) is 2.01. The zero-order valence-corrected chi connectivity index (χ0v) is 10.2. The topological polar surface area (TPSA) is 108 Å². The minimum absolute atomic E-state index is 0.0438. The Morgan fingerprint density at radius 1 is 1.61 bits per heavy atom. The van der Waals surface area contributed by atoms with Crippen LogP contribution in [0.3, 0.4) is 0 Å². The number of nitrogens with zero attached hydrogens (tertiary/aromatic N) is 2. The molecule has 2 N–H and O–H groups in total. The monoisotopic (exact) mass is 271 g/mol. The minimum Gasteiger partial charge on any atom is -0.465 e. The number of benzene rings is 1. The number of hydrogen-bond donors (Lipinski definition) is 1. The molecule has 0 aromatic heterocycles. The molecule has 0 radical (unpaired) electrons. The van der Waals surface area contributed by atoms with Crippen molar-refractivity contribution in [3.63, 3.8) is 0 Å². The van der Waals surface area contributed by atoms with E-state index < -0.39 is 16.6 Å². The second kappa shape index (κ2) is 5.97. The van der Waals surface area contributed by atoms with Crippen molar-refractivity contribution in [3.05, 3.63) is 33.9 Å². The van der Waals surface area contributed by atoms with E-state index in [0.29, 0.717) is 0 Å². The van der Waals surface area contributed by atoms with Crippen LogP contribution in [0.25, 0.3) is 0 Å². The Balaban J connectivity index is 3.47. The zero-order valence-electron chi connectivity index (χ0n) is 9.42. The Morgan fingerprint density at radius 3 is 2.78 bits per heavy atom. The van der Waals surface area contributed by atoms with Crippen LogP contribution in [0.5, 0.6) is 0 Å². The fourth-order valence-electron chi connectivity index (χ4n) is 1.27. The molecule has 1 aromatic carbocycles. The normalized spacial score (nSPS) is 11.1. The molecule has 0 aliphatic carbocycles. The molecule has 8 heteroatoms. The number of nitro groups is 1. The first-order valence-corrected chi connectivity index (χ1v) is 5.29. The summed E-state index contributed by atoms with van der Waals surface area (Å²) >= 11 is 5.46. The molecule has 0 saturated heterocycles. The number of methoxy groups -OCH3 is 1. The number of carbonyl (C=O) groups is 1. The third kappa shape index (κ3) is 2.95. The van der Waals surface area contributed by atoms with Gasteiger partial charge in [-0.05, 0) is 6.07 Å². The van der Waals surface area contributed by atoms with Crippen LogP contribution in [0.1, 0.15) is 10.4 Å². The van der Waals surface area contributed by atoms with Gasteiger partial charge in [-0.15, -0.1) is 11.6 Å². The Kier molecular flexibility index (Phi) is 4.61. The standard InChI is InChI=1S/C10H10ClN3O4/c1-18-10(15)9-6(13-8(12)5-11)3-2-4-7(9)14(16)17/h2-4H,5H2,1H3,(H2,12,13). The number of carbonyl (C=O) groups excluding carboxylic acids is 1. The lowest BCUT2D eigenvalue weighted by atomic mass is 10.1. The maximum Gasteiger partial charge on any atom is 0.347 e. The molecule has 0 atom stereocenters. The Morgan fingerprint density at radius 2 is 2.28 bits per heavy atom. The van der Waals surface area contributed by atoms with Crippen molar-refractivity contribution in [3.8, 4) is 0 Å². The number of nitrogens with two attached hydrogens (primary N) is 1. The first kappa shape index (κ1) is 13.9. The van der Waals surface area contributed by atoms with Crippen LogP contribution in [-0.4, -0.2) is 29.7 Å². The van der Waals surface area contributed by atoms with Crippen LogP contribution in [0.4, 0.5) is 11.4 Å². The highest BCUT2D eigenvalue weighted by Gasteiger charge is 2.24. The summed E-state index contributed by atoms with van der Waals surface area (Å²) in [5, 5.41) is 10.8. The van der Waals surface area contributed by atoms with E-state index in [4.69, 9.17) is 17.3 Å². The van der Waals surface area contributed by atoms with Gasteiger partial charge in [0.1, 0.15) is 5.84 Å². The highest BCUT2D eigenvalue weighted by Crippen LogP contribution is 2.29. The highest BCUT2D eigenvalue weighted by atomic mass is 35.5. The fourth-order valence-corrected chi connectivity index (χ4v) is 1.33. The molecular formula is C10H10ClN3O4. The summed E-state index contributed by atoms with van der Waals surface area (Å²) in [5.74, 6) is -0.866. The first-order chi connectivity index (χ1) is 8.51.